The predicted octanol–water partition coefficient (Wildman–Crippen LogP) is 4.29. The van der Waals surface area contributed by atoms with Crippen LogP contribution in [0.25, 0.3) is 0 Å². The smallest absolute Gasteiger partial charge is 0.224 e. The highest BCUT2D eigenvalue weighted by atomic mass is 16.1. The van der Waals surface area contributed by atoms with Crippen LogP contribution in [0.2, 0.25) is 0 Å². The Bertz CT molecular complexity index is 487. The third-order valence-corrected chi connectivity index (χ3v) is 2.80. The van der Waals surface area contributed by atoms with Crippen LogP contribution in [0.4, 0.5) is 5.69 Å². The Morgan fingerprint density at radius 2 is 1.45 bits per heavy atom. The van der Waals surface area contributed by atoms with Crippen LogP contribution in [-0.2, 0) is 4.79 Å². The van der Waals surface area contributed by atoms with Crippen molar-refractivity contribution in [3.05, 3.63) is 29.8 Å². The van der Waals surface area contributed by atoms with Crippen LogP contribution in [-0.4, -0.2) is 11.7 Å². The van der Waals surface area contributed by atoms with E-state index in [9.17, 15) is 9.59 Å². The summed E-state index contributed by atoms with van der Waals surface area (Å²) in [6.07, 6.45) is 0.468. The van der Waals surface area contributed by atoms with Gasteiger partial charge in [0.05, 0.1) is 0 Å². The highest BCUT2D eigenvalue weighted by Gasteiger charge is 2.22. The molecule has 0 fully saturated rings. The SMILES string of the molecule is CC(C)(C)CC(=O)Nc1ccc(C(=O)C(C)(C)C)cc1. The second kappa shape index (κ2) is 5.78. The van der Waals surface area contributed by atoms with Crippen molar-refractivity contribution in [2.45, 2.75) is 48.0 Å². The zero-order valence-corrected chi connectivity index (χ0v) is 13.3. The molecule has 0 aliphatic heterocycles. The van der Waals surface area contributed by atoms with Crippen LogP contribution in [0.5, 0.6) is 0 Å². The number of hydrogen-bond donors (Lipinski definition) is 1. The summed E-state index contributed by atoms with van der Waals surface area (Å²) in [6.45, 7) is 11.8. The van der Waals surface area contributed by atoms with Gasteiger partial charge in [-0.15, -0.1) is 0 Å². The summed E-state index contributed by atoms with van der Waals surface area (Å²) in [7, 11) is 0. The van der Waals surface area contributed by atoms with E-state index in [0.717, 1.165) is 5.69 Å². The van der Waals surface area contributed by atoms with Crippen molar-refractivity contribution in [3.8, 4) is 0 Å². The molecule has 0 bridgehead atoms. The number of amides is 1. The summed E-state index contributed by atoms with van der Waals surface area (Å²) in [4.78, 5) is 23.9. The van der Waals surface area contributed by atoms with Gasteiger partial charge < -0.3 is 5.32 Å². The molecule has 0 aliphatic carbocycles. The van der Waals surface area contributed by atoms with Crippen LogP contribution in [0.15, 0.2) is 24.3 Å². The fourth-order valence-electron chi connectivity index (χ4n) is 1.82. The number of anilines is 1. The number of rotatable bonds is 3. The van der Waals surface area contributed by atoms with Crippen molar-refractivity contribution in [3.63, 3.8) is 0 Å². The van der Waals surface area contributed by atoms with Gasteiger partial charge in [0.2, 0.25) is 5.91 Å². The molecule has 0 spiro atoms. The second-order valence-electron chi connectivity index (χ2n) is 7.44. The predicted molar refractivity (Wildman–Crippen MR) is 82.9 cm³/mol. The van der Waals surface area contributed by atoms with E-state index in [2.05, 4.69) is 5.32 Å². The molecule has 0 aromatic heterocycles. The Hall–Kier alpha value is -1.64. The van der Waals surface area contributed by atoms with Gasteiger partial charge >= 0.3 is 0 Å². The van der Waals surface area contributed by atoms with Gasteiger partial charge in [0.25, 0.3) is 0 Å². The fourth-order valence-corrected chi connectivity index (χ4v) is 1.82. The summed E-state index contributed by atoms with van der Waals surface area (Å²) < 4.78 is 0. The minimum Gasteiger partial charge on any atom is -0.326 e. The van der Waals surface area contributed by atoms with Gasteiger partial charge in [0, 0.05) is 23.1 Å². The average molecular weight is 275 g/mol. The van der Waals surface area contributed by atoms with Crippen molar-refractivity contribution < 1.29 is 9.59 Å². The number of Topliss-reactive ketones (excluding diaryl/α,β-unsaturated/α-hetero) is 1. The van der Waals surface area contributed by atoms with Crippen LogP contribution in [0, 0.1) is 10.8 Å². The molecule has 1 rings (SSSR count). The van der Waals surface area contributed by atoms with E-state index in [1.165, 1.54) is 0 Å². The highest BCUT2D eigenvalue weighted by Crippen LogP contribution is 2.23. The first-order valence-corrected chi connectivity index (χ1v) is 6.94. The number of benzene rings is 1. The number of carbonyl (C=O) groups excluding carboxylic acids is 2. The Morgan fingerprint density at radius 3 is 1.85 bits per heavy atom. The number of ketones is 1. The molecule has 0 aliphatic rings. The normalized spacial score (nSPS) is 12.1. The van der Waals surface area contributed by atoms with E-state index >= 15 is 0 Å². The maximum atomic E-state index is 12.1. The van der Waals surface area contributed by atoms with Crippen molar-refractivity contribution in [1.29, 1.82) is 0 Å². The molecule has 20 heavy (non-hydrogen) atoms. The molecule has 1 aromatic rings. The quantitative estimate of drug-likeness (QED) is 0.836. The third-order valence-electron chi connectivity index (χ3n) is 2.80. The summed E-state index contributed by atoms with van der Waals surface area (Å²) in [5, 5.41) is 2.85. The Labute approximate surface area is 121 Å². The first-order valence-electron chi connectivity index (χ1n) is 6.94. The van der Waals surface area contributed by atoms with Crippen LogP contribution in [0.3, 0.4) is 0 Å². The van der Waals surface area contributed by atoms with E-state index in [0.29, 0.717) is 12.0 Å². The van der Waals surface area contributed by atoms with Crippen molar-refractivity contribution in [2.24, 2.45) is 10.8 Å². The maximum absolute atomic E-state index is 12.1. The number of hydrogen-bond acceptors (Lipinski definition) is 2. The summed E-state index contributed by atoms with van der Waals surface area (Å²) in [5.41, 5.74) is 0.972. The Balaban J connectivity index is 2.73. The zero-order valence-electron chi connectivity index (χ0n) is 13.3. The first-order chi connectivity index (χ1) is 8.99. The standard InChI is InChI=1S/C17H25NO2/c1-16(2,3)11-14(19)18-13-9-7-12(8-10-13)15(20)17(4,5)6/h7-10H,11H2,1-6H3,(H,18,19). The molecule has 1 N–H and O–H groups in total. The largest absolute Gasteiger partial charge is 0.326 e. The van der Waals surface area contributed by atoms with Gasteiger partial charge in [0.15, 0.2) is 5.78 Å². The monoisotopic (exact) mass is 275 g/mol. The molecular weight excluding hydrogens is 250 g/mol. The lowest BCUT2D eigenvalue weighted by atomic mass is 9.86. The van der Waals surface area contributed by atoms with Gasteiger partial charge in [-0.2, -0.15) is 0 Å². The molecule has 0 heterocycles. The lowest BCUT2D eigenvalue weighted by Crippen LogP contribution is -2.21. The fraction of sp³-hybridized carbons (Fsp3) is 0.529. The molecule has 0 atom stereocenters. The van der Waals surface area contributed by atoms with E-state index < -0.39 is 5.41 Å². The summed E-state index contributed by atoms with van der Waals surface area (Å²) >= 11 is 0. The van der Waals surface area contributed by atoms with Gasteiger partial charge in [-0.25, -0.2) is 0 Å². The lowest BCUT2D eigenvalue weighted by molar-refractivity contribution is -0.117. The van der Waals surface area contributed by atoms with Crippen molar-refractivity contribution in [1.82, 2.24) is 0 Å². The van der Waals surface area contributed by atoms with E-state index in [-0.39, 0.29) is 17.1 Å². The first kappa shape index (κ1) is 16.4. The molecule has 1 aromatic carbocycles. The lowest BCUT2D eigenvalue weighted by Gasteiger charge is -2.18. The Kier molecular flexibility index (Phi) is 4.74. The average Bonchev–Trinajstić information content (AvgIpc) is 2.25. The van der Waals surface area contributed by atoms with Gasteiger partial charge in [0.1, 0.15) is 0 Å². The number of nitrogens with one attached hydrogen (secondary N) is 1. The van der Waals surface area contributed by atoms with Gasteiger partial charge in [-0.05, 0) is 29.7 Å². The minimum atomic E-state index is -0.392. The number of carbonyl (C=O) groups is 2. The van der Waals surface area contributed by atoms with Gasteiger partial charge in [-0.3, -0.25) is 9.59 Å². The van der Waals surface area contributed by atoms with Crippen LogP contribution < -0.4 is 5.32 Å². The zero-order chi connectivity index (χ0) is 15.6. The minimum absolute atomic E-state index is 0.00704. The molecule has 3 heteroatoms. The molecular formula is C17H25NO2. The topological polar surface area (TPSA) is 46.2 Å². The van der Waals surface area contributed by atoms with E-state index in [1.807, 2.05) is 41.5 Å². The summed E-state index contributed by atoms with van der Waals surface area (Å²) in [5.74, 6) is 0.0949. The molecule has 110 valence electrons. The second-order valence-corrected chi connectivity index (χ2v) is 7.44. The molecule has 0 radical (unpaired) electrons. The van der Waals surface area contributed by atoms with Crippen LogP contribution >= 0.6 is 0 Å². The molecule has 3 nitrogen and oxygen atoms in total. The molecule has 1 amide bonds. The Morgan fingerprint density at radius 1 is 0.950 bits per heavy atom. The van der Waals surface area contributed by atoms with Crippen LogP contribution in [0.1, 0.15) is 58.3 Å². The third kappa shape index (κ3) is 5.16. The molecule has 0 unspecified atom stereocenters. The summed E-state index contributed by atoms with van der Waals surface area (Å²) in [6, 6.07) is 7.08. The van der Waals surface area contributed by atoms with Gasteiger partial charge in [-0.1, -0.05) is 41.5 Å². The van der Waals surface area contributed by atoms with E-state index in [4.69, 9.17) is 0 Å². The maximum Gasteiger partial charge on any atom is 0.224 e. The highest BCUT2D eigenvalue weighted by molar-refractivity contribution is 6.00. The van der Waals surface area contributed by atoms with Crippen molar-refractivity contribution >= 4 is 17.4 Å². The van der Waals surface area contributed by atoms with Crippen molar-refractivity contribution in [2.75, 3.05) is 5.32 Å². The molecule has 0 saturated heterocycles. The molecule has 0 saturated carbocycles. The van der Waals surface area contributed by atoms with E-state index in [1.54, 1.807) is 24.3 Å².